The van der Waals surface area contributed by atoms with Crippen molar-refractivity contribution in [2.45, 2.75) is 12.8 Å². The number of carbonyl (C=O) groups excluding carboxylic acids is 1. The molecule has 0 unspecified atom stereocenters. The van der Waals surface area contributed by atoms with Crippen LogP contribution in [-0.2, 0) is 16.5 Å². The van der Waals surface area contributed by atoms with E-state index in [9.17, 15) is 17.6 Å². The maximum absolute atomic E-state index is 13.4. The van der Waals surface area contributed by atoms with Crippen LogP contribution in [0.4, 0.5) is 4.39 Å². The number of hydrogen-bond acceptors (Lipinski definition) is 5. The van der Waals surface area contributed by atoms with E-state index >= 15 is 0 Å². The van der Waals surface area contributed by atoms with E-state index in [1.165, 1.54) is 12.1 Å². The number of rotatable bonds is 8. The molecule has 0 saturated carbocycles. The van der Waals surface area contributed by atoms with Crippen molar-refractivity contribution in [1.82, 2.24) is 10.3 Å². The molecular formula is C26H23FN2O4S. The Balaban J connectivity index is 1.70. The normalized spacial score (nSPS) is 11.4. The SMILES string of the molecule is CS(=O)(=O)Oc1c(-c2ccccc2)nc2ccccc2c1C(=O)NCCCc1cccc(F)c1. The highest BCUT2D eigenvalue weighted by Crippen LogP contribution is 2.37. The number of amides is 1. The zero-order valence-corrected chi connectivity index (χ0v) is 19.3. The lowest BCUT2D eigenvalue weighted by atomic mass is 10.0. The second kappa shape index (κ2) is 10.0. The van der Waals surface area contributed by atoms with Gasteiger partial charge in [0.05, 0.1) is 17.3 Å². The highest BCUT2D eigenvalue weighted by Gasteiger charge is 2.25. The minimum absolute atomic E-state index is 0.0978. The third-order valence-electron chi connectivity index (χ3n) is 5.17. The van der Waals surface area contributed by atoms with Crippen LogP contribution < -0.4 is 9.50 Å². The zero-order valence-electron chi connectivity index (χ0n) is 18.5. The summed E-state index contributed by atoms with van der Waals surface area (Å²) in [5, 5.41) is 3.32. The number of fused-ring (bicyclic) bond motifs is 1. The lowest BCUT2D eigenvalue weighted by Gasteiger charge is -2.16. The fraction of sp³-hybridized carbons (Fsp3) is 0.154. The molecule has 1 N–H and O–H groups in total. The maximum Gasteiger partial charge on any atom is 0.306 e. The predicted octanol–water partition coefficient (Wildman–Crippen LogP) is 4.74. The molecule has 3 aromatic carbocycles. The van der Waals surface area contributed by atoms with Gasteiger partial charge < -0.3 is 9.50 Å². The van der Waals surface area contributed by atoms with Crippen molar-refractivity contribution in [2.24, 2.45) is 0 Å². The molecule has 8 heteroatoms. The van der Waals surface area contributed by atoms with E-state index in [2.05, 4.69) is 10.3 Å². The van der Waals surface area contributed by atoms with Gasteiger partial charge in [-0.25, -0.2) is 9.37 Å². The Kier molecular flexibility index (Phi) is 6.88. The number of benzene rings is 3. The summed E-state index contributed by atoms with van der Waals surface area (Å²) in [5.74, 6) is -0.899. The average molecular weight is 479 g/mol. The van der Waals surface area contributed by atoms with Crippen LogP contribution in [0.3, 0.4) is 0 Å². The second-order valence-corrected chi connectivity index (χ2v) is 9.40. The topological polar surface area (TPSA) is 85.4 Å². The first-order valence-electron chi connectivity index (χ1n) is 10.7. The molecule has 0 saturated heterocycles. The molecule has 1 amide bonds. The number of aromatic nitrogens is 1. The summed E-state index contributed by atoms with van der Waals surface area (Å²) < 4.78 is 43.0. The van der Waals surface area contributed by atoms with E-state index in [1.807, 2.05) is 12.1 Å². The van der Waals surface area contributed by atoms with E-state index in [0.717, 1.165) is 11.8 Å². The lowest BCUT2D eigenvalue weighted by molar-refractivity contribution is 0.0953. The average Bonchev–Trinajstić information content (AvgIpc) is 2.81. The number of hydrogen-bond donors (Lipinski definition) is 1. The number of carbonyl (C=O) groups is 1. The van der Waals surface area contributed by atoms with Gasteiger partial charge in [-0.3, -0.25) is 4.79 Å². The Morgan fingerprint density at radius 2 is 1.74 bits per heavy atom. The first-order valence-corrected chi connectivity index (χ1v) is 12.5. The Hall–Kier alpha value is -3.78. The van der Waals surface area contributed by atoms with E-state index < -0.39 is 16.0 Å². The molecule has 6 nitrogen and oxygen atoms in total. The first-order chi connectivity index (χ1) is 16.3. The van der Waals surface area contributed by atoms with Gasteiger partial charge >= 0.3 is 10.1 Å². The van der Waals surface area contributed by atoms with Crippen LogP contribution >= 0.6 is 0 Å². The summed E-state index contributed by atoms with van der Waals surface area (Å²) in [6.07, 6.45) is 2.08. The summed E-state index contributed by atoms with van der Waals surface area (Å²) in [4.78, 5) is 18.0. The molecule has 1 aromatic heterocycles. The number of para-hydroxylation sites is 1. The summed E-state index contributed by atoms with van der Waals surface area (Å²) in [6.45, 7) is 0.310. The molecule has 1 heterocycles. The van der Waals surface area contributed by atoms with Crippen molar-refractivity contribution < 1.29 is 21.8 Å². The van der Waals surface area contributed by atoms with Gasteiger partial charge in [0.1, 0.15) is 11.5 Å². The standard InChI is InChI=1S/C26H23FN2O4S/c1-34(31,32)33-25-23(26(30)28-16-8-10-18-9-7-13-20(27)17-18)21-14-5-6-15-22(21)29-24(25)19-11-3-2-4-12-19/h2-7,9,11-15,17H,8,10,16H2,1H3,(H,28,30). The van der Waals surface area contributed by atoms with E-state index in [4.69, 9.17) is 4.18 Å². The zero-order chi connectivity index (χ0) is 24.1. The smallest absolute Gasteiger partial charge is 0.306 e. The number of nitrogens with zero attached hydrogens (tertiary/aromatic N) is 1. The third kappa shape index (κ3) is 5.58. The van der Waals surface area contributed by atoms with Crippen LogP contribution in [0.15, 0.2) is 78.9 Å². The molecule has 0 bridgehead atoms. The largest absolute Gasteiger partial charge is 0.379 e. The Bertz CT molecular complexity index is 1440. The number of pyridine rings is 1. The summed E-state index contributed by atoms with van der Waals surface area (Å²) in [7, 11) is -3.95. The van der Waals surface area contributed by atoms with Gasteiger partial charge in [-0.2, -0.15) is 8.42 Å². The van der Waals surface area contributed by atoms with Crippen molar-refractivity contribution in [3.8, 4) is 17.0 Å². The molecule has 0 aliphatic carbocycles. The summed E-state index contributed by atoms with van der Waals surface area (Å²) in [5.41, 5.74) is 2.34. The predicted molar refractivity (Wildman–Crippen MR) is 130 cm³/mol. The van der Waals surface area contributed by atoms with Gasteiger partial charge in [0.15, 0.2) is 5.75 Å². The molecule has 0 spiro atoms. The third-order valence-corrected chi connectivity index (χ3v) is 5.64. The molecule has 0 atom stereocenters. The molecule has 0 fully saturated rings. The van der Waals surface area contributed by atoms with Crippen molar-refractivity contribution in [2.75, 3.05) is 12.8 Å². The Morgan fingerprint density at radius 3 is 2.47 bits per heavy atom. The van der Waals surface area contributed by atoms with Crippen LogP contribution in [0.25, 0.3) is 22.2 Å². The molecular weight excluding hydrogens is 455 g/mol. The number of nitrogens with one attached hydrogen (secondary N) is 1. The molecule has 0 aliphatic rings. The molecule has 174 valence electrons. The van der Waals surface area contributed by atoms with Crippen LogP contribution in [0.1, 0.15) is 22.3 Å². The minimum atomic E-state index is -3.95. The second-order valence-electron chi connectivity index (χ2n) is 7.82. The van der Waals surface area contributed by atoms with Crippen molar-refractivity contribution in [3.05, 3.63) is 95.8 Å². The molecule has 34 heavy (non-hydrogen) atoms. The van der Waals surface area contributed by atoms with Gasteiger partial charge in [-0.15, -0.1) is 0 Å². The van der Waals surface area contributed by atoms with Gasteiger partial charge in [-0.1, -0.05) is 60.7 Å². The fourth-order valence-corrected chi connectivity index (χ4v) is 4.18. The van der Waals surface area contributed by atoms with Gasteiger partial charge in [0, 0.05) is 17.5 Å². The molecule has 0 aliphatic heterocycles. The van der Waals surface area contributed by atoms with Crippen molar-refractivity contribution in [1.29, 1.82) is 0 Å². The van der Waals surface area contributed by atoms with Crippen molar-refractivity contribution in [3.63, 3.8) is 0 Å². The van der Waals surface area contributed by atoms with Crippen LogP contribution in [0.5, 0.6) is 5.75 Å². The van der Waals surface area contributed by atoms with Crippen LogP contribution in [0, 0.1) is 5.82 Å². The maximum atomic E-state index is 13.4. The van der Waals surface area contributed by atoms with Crippen LogP contribution in [0.2, 0.25) is 0 Å². The number of aryl methyl sites for hydroxylation is 1. The highest BCUT2D eigenvalue weighted by molar-refractivity contribution is 7.86. The quantitative estimate of drug-likeness (QED) is 0.292. The molecule has 4 rings (SSSR count). The highest BCUT2D eigenvalue weighted by atomic mass is 32.2. The lowest BCUT2D eigenvalue weighted by Crippen LogP contribution is -2.26. The summed E-state index contributed by atoms with van der Waals surface area (Å²) in [6, 6.07) is 22.3. The van der Waals surface area contributed by atoms with E-state index in [1.54, 1.807) is 54.6 Å². The van der Waals surface area contributed by atoms with Crippen LogP contribution in [-0.4, -0.2) is 32.1 Å². The van der Waals surface area contributed by atoms with E-state index in [-0.39, 0.29) is 22.8 Å². The minimum Gasteiger partial charge on any atom is -0.379 e. The van der Waals surface area contributed by atoms with E-state index in [0.29, 0.717) is 35.9 Å². The van der Waals surface area contributed by atoms with Crippen molar-refractivity contribution >= 4 is 26.9 Å². The molecule has 0 radical (unpaired) electrons. The Labute approximate surface area is 197 Å². The van der Waals surface area contributed by atoms with Gasteiger partial charge in [0.2, 0.25) is 0 Å². The molecule has 4 aromatic rings. The Morgan fingerprint density at radius 1 is 1.00 bits per heavy atom. The fourth-order valence-electron chi connectivity index (χ4n) is 3.72. The van der Waals surface area contributed by atoms with Gasteiger partial charge in [-0.05, 0) is 36.6 Å². The first kappa shape index (κ1) is 23.4. The monoisotopic (exact) mass is 478 g/mol. The summed E-state index contributed by atoms with van der Waals surface area (Å²) >= 11 is 0. The van der Waals surface area contributed by atoms with Gasteiger partial charge in [0.25, 0.3) is 5.91 Å². The number of halogens is 1.